The standard InChI is InChI=1S/C14H19N3O2/c18-12-15-17-10-8-16(9-11-17)14(19)7-6-13-4-2-1-3-5-13/h1-5,12H,6-11H2,(H,15,18). The molecule has 1 N–H and O–H groups in total. The van der Waals surface area contributed by atoms with Crippen LogP contribution in [-0.2, 0) is 16.0 Å². The molecule has 2 amide bonds. The second-order valence-corrected chi connectivity index (χ2v) is 4.60. The lowest BCUT2D eigenvalue weighted by atomic mass is 10.1. The van der Waals surface area contributed by atoms with Gasteiger partial charge in [-0.3, -0.25) is 15.0 Å². The van der Waals surface area contributed by atoms with E-state index in [2.05, 4.69) is 5.43 Å². The molecule has 0 spiro atoms. The highest BCUT2D eigenvalue weighted by atomic mass is 16.2. The van der Waals surface area contributed by atoms with Crippen LogP contribution in [-0.4, -0.2) is 48.4 Å². The molecule has 1 fully saturated rings. The Morgan fingerprint density at radius 2 is 1.84 bits per heavy atom. The molecule has 0 saturated carbocycles. The van der Waals surface area contributed by atoms with Crippen molar-refractivity contribution in [1.82, 2.24) is 15.3 Å². The van der Waals surface area contributed by atoms with Gasteiger partial charge in [-0.25, -0.2) is 5.01 Å². The van der Waals surface area contributed by atoms with E-state index in [1.54, 1.807) is 0 Å². The number of amides is 2. The van der Waals surface area contributed by atoms with Gasteiger partial charge in [-0.05, 0) is 12.0 Å². The fourth-order valence-electron chi connectivity index (χ4n) is 2.21. The zero-order valence-electron chi connectivity index (χ0n) is 10.9. The van der Waals surface area contributed by atoms with Crippen molar-refractivity contribution in [2.24, 2.45) is 0 Å². The maximum Gasteiger partial charge on any atom is 0.222 e. The maximum absolute atomic E-state index is 12.1. The molecule has 1 aromatic rings. The zero-order chi connectivity index (χ0) is 13.5. The number of rotatable bonds is 5. The number of aryl methyl sites for hydroxylation is 1. The monoisotopic (exact) mass is 261 g/mol. The Bertz CT molecular complexity index is 414. The average Bonchev–Trinajstić information content (AvgIpc) is 2.47. The molecule has 1 aliphatic heterocycles. The molecule has 2 rings (SSSR count). The summed E-state index contributed by atoms with van der Waals surface area (Å²) in [7, 11) is 0. The predicted molar refractivity (Wildman–Crippen MR) is 72.1 cm³/mol. The third-order valence-electron chi connectivity index (χ3n) is 3.34. The lowest BCUT2D eigenvalue weighted by molar-refractivity contribution is -0.133. The lowest BCUT2D eigenvalue weighted by Gasteiger charge is -2.33. The number of hydrogen-bond donors (Lipinski definition) is 1. The van der Waals surface area contributed by atoms with Crippen LogP contribution >= 0.6 is 0 Å². The number of piperazine rings is 1. The second kappa shape index (κ2) is 6.89. The summed E-state index contributed by atoms with van der Waals surface area (Å²) in [5.41, 5.74) is 3.81. The highest BCUT2D eigenvalue weighted by Crippen LogP contribution is 2.06. The second-order valence-electron chi connectivity index (χ2n) is 4.60. The minimum Gasteiger partial charge on any atom is -0.340 e. The minimum atomic E-state index is 0.189. The maximum atomic E-state index is 12.1. The highest BCUT2D eigenvalue weighted by molar-refractivity contribution is 5.76. The molecule has 1 saturated heterocycles. The number of hydrogen-bond acceptors (Lipinski definition) is 3. The molecule has 5 nitrogen and oxygen atoms in total. The fourth-order valence-corrected chi connectivity index (χ4v) is 2.21. The molecule has 1 aromatic carbocycles. The third-order valence-corrected chi connectivity index (χ3v) is 3.34. The highest BCUT2D eigenvalue weighted by Gasteiger charge is 2.20. The summed E-state index contributed by atoms with van der Waals surface area (Å²) >= 11 is 0. The first-order chi connectivity index (χ1) is 9.29. The van der Waals surface area contributed by atoms with Crippen molar-refractivity contribution in [3.05, 3.63) is 35.9 Å². The zero-order valence-corrected chi connectivity index (χ0v) is 10.9. The predicted octanol–water partition coefficient (Wildman–Crippen LogP) is 0.424. The number of benzene rings is 1. The Morgan fingerprint density at radius 3 is 2.47 bits per heavy atom. The molecular formula is C14H19N3O2. The molecule has 102 valence electrons. The molecule has 0 aromatic heterocycles. The first-order valence-corrected chi connectivity index (χ1v) is 6.56. The summed E-state index contributed by atoms with van der Waals surface area (Å²) in [5.74, 6) is 0.189. The smallest absolute Gasteiger partial charge is 0.222 e. The third kappa shape index (κ3) is 4.06. The Kier molecular flexibility index (Phi) is 4.92. The van der Waals surface area contributed by atoms with Gasteiger partial charge >= 0.3 is 0 Å². The van der Waals surface area contributed by atoms with E-state index in [9.17, 15) is 9.59 Å². The van der Waals surface area contributed by atoms with Crippen LogP contribution in [0.3, 0.4) is 0 Å². The Hall–Kier alpha value is -1.88. The van der Waals surface area contributed by atoms with Crippen molar-refractivity contribution in [3.8, 4) is 0 Å². The van der Waals surface area contributed by atoms with Crippen LogP contribution in [0.2, 0.25) is 0 Å². The van der Waals surface area contributed by atoms with E-state index in [4.69, 9.17) is 0 Å². The van der Waals surface area contributed by atoms with Crippen LogP contribution in [0.1, 0.15) is 12.0 Å². The lowest BCUT2D eigenvalue weighted by Crippen LogP contribution is -2.53. The summed E-state index contributed by atoms with van der Waals surface area (Å²) < 4.78 is 0. The van der Waals surface area contributed by atoms with Gasteiger partial charge in [-0.2, -0.15) is 0 Å². The van der Waals surface area contributed by atoms with Gasteiger partial charge in [0.25, 0.3) is 0 Å². The van der Waals surface area contributed by atoms with Crippen molar-refractivity contribution < 1.29 is 9.59 Å². The Balaban J connectivity index is 1.74. The molecule has 1 aliphatic rings. The van der Waals surface area contributed by atoms with Crippen molar-refractivity contribution >= 4 is 12.3 Å². The molecule has 19 heavy (non-hydrogen) atoms. The first kappa shape index (κ1) is 13.5. The molecule has 0 bridgehead atoms. The van der Waals surface area contributed by atoms with Crippen molar-refractivity contribution in [3.63, 3.8) is 0 Å². The molecule has 5 heteroatoms. The first-order valence-electron chi connectivity index (χ1n) is 6.56. The van der Waals surface area contributed by atoms with Crippen LogP contribution < -0.4 is 5.43 Å². The van der Waals surface area contributed by atoms with Gasteiger partial charge in [0.05, 0.1) is 0 Å². The van der Waals surface area contributed by atoms with Gasteiger partial charge < -0.3 is 4.90 Å². The number of nitrogens with one attached hydrogen (secondary N) is 1. The Labute approximate surface area is 113 Å². The van der Waals surface area contributed by atoms with E-state index in [1.165, 1.54) is 5.56 Å². The quantitative estimate of drug-likeness (QED) is 0.782. The summed E-state index contributed by atoms with van der Waals surface area (Å²) in [6, 6.07) is 10.0. The molecule has 0 unspecified atom stereocenters. The van der Waals surface area contributed by atoms with E-state index in [0.717, 1.165) is 6.42 Å². The van der Waals surface area contributed by atoms with Gasteiger partial charge in [-0.1, -0.05) is 30.3 Å². The number of carbonyl (C=O) groups excluding carboxylic acids is 2. The van der Waals surface area contributed by atoms with Gasteiger partial charge in [-0.15, -0.1) is 0 Å². The van der Waals surface area contributed by atoms with Crippen LogP contribution in [0.15, 0.2) is 30.3 Å². The van der Waals surface area contributed by atoms with Crippen LogP contribution in [0.25, 0.3) is 0 Å². The van der Waals surface area contributed by atoms with E-state index in [1.807, 2.05) is 40.2 Å². The fraction of sp³-hybridized carbons (Fsp3) is 0.429. The van der Waals surface area contributed by atoms with Gasteiger partial charge in [0.2, 0.25) is 12.3 Å². The van der Waals surface area contributed by atoms with Crippen LogP contribution in [0.5, 0.6) is 0 Å². The largest absolute Gasteiger partial charge is 0.340 e. The Morgan fingerprint density at radius 1 is 1.16 bits per heavy atom. The minimum absolute atomic E-state index is 0.189. The number of carbonyl (C=O) groups is 2. The van der Waals surface area contributed by atoms with Crippen LogP contribution in [0.4, 0.5) is 0 Å². The molecule has 1 heterocycles. The molecule has 0 atom stereocenters. The van der Waals surface area contributed by atoms with Crippen LogP contribution in [0, 0.1) is 0 Å². The molecule has 0 radical (unpaired) electrons. The molecular weight excluding hydrogens is 242 g/mol. The summed E-state index contributed by atoms with van der Waals surface area (Å²) in [6.45, 7) is 2.73. The van der Waals surface area contributed by atoms with E-state index in [-0.39, 0.29) is 5.91 Å². The van der Waals surface area contributed by atoms with E-state index < -0.39 is 0 Å². The molecule has 0 aliphatic carbocycles. The van der Waals surface area contributed by atoms with Gasteiger partial charge in [0.15, 0.2) is 0 Å². The normalized spacial score (nSPS) is 16.1. The SMILES string of the molecule is O=CNN1CCN(C(=O)CCc2ccccc2)CC1. The van der Waals surface area contributed by atoms with Gasteiger partial charge in [0.1, 0.15) is 0 Å². The van der Waals surface area contributed by atoms with Crippen molar-refractivity contribution in [2.75, 3.05) is 26.2 Å². The topological polar surface area (TPSA) is 52.7 Å². The summed E-state index contributed by atoms with van der Waals surface area (Å²) in [6.07, 6.45) is 2.00. The van der Waals surface area contributed by atoms with Gasteiger partial charge in [0, 0.05) is 32.6 Å². The summed E-state index contributed by atoms with van der Waals surface area (Å²) in [5, 5.41) is 1.83. The van der Waals surface area contributed by atoms with Crippen molar-refractivity contribution in [2.45, 2.75) is 12.8 Å². The van der Waals surface area contributed by atoms with E-state index in [0.29, 0.717) is 39.0 Å². The summed E-state index contributed by atoms with van der Waals surface area (Å²) in [4.78, 5) is 24.2. The number of hydrazine groups is 1. The average molecular weight is 261 g/mol. The number of nitrogens with zero attached hydrogens (tertiary/aromatic N) is 2. The van der Waals surface area contributed by atoms with Crippen molar-refractivity contribution in [1.29, 1.82) is 0 Å². The van der Waals surface area contributed by atoms with E-state index >= 15 is 0 Å².